The van der Waals surface area contributed by atoms with Crippen molar-refractivity contribution >= 4 is 0 Å². The van der Waals surface area contributed by atoms with Crippen molar-refractivity contribution in [1.82, 2.24) is 0 Å². The van der Waals surface area contributed by atoms with Crippen LogP contribution in [-0.4, -0.2) is 31.7 Å². The predicted octanol–water partition coefficient (Wildman–Crippen LogP) is 4.18. The van der Waals surface area contributed by atoms with Crippen LogP contribution < -0.4 is 0 Å². The van der Waals surface area contributed by atoms with Crippen molar-refractivity contribution in [2.45, 2.75) is 53.4 Å². The van der Waals surface area contributed by atoms with E-state index in [9.17, 15) is 0 Å². The summed E-state index contributed by atoms with van der Waals surface area (Å²) >= 11 is 0. The van der Waals surface area contributed by atoms with Crippen molar-refractivity contribution in [3.63, 3.8) is 0 Å². The van der Waals surface area contributed by atoms with Gasteiger partial charge in [0.15, 0.2) is 0 Å². The summed E-state index contributed by atoms with van der Waals surface area (Å²) in [7, 11) is 4.81. The molecule has 1 heterocycles. The van der Waals surface area contributed by atoms with Gasteiger partial charge in [0.1, 0.15) is 0 Å². The molecule has 0 saturated carbocycles. The lowest BCUT2D eigenvalue weighted by molar-refractivity contribution is -0.902. The molecule has 0 radical (unpaired) electrons. The van der Waals surface area contributed by atoms with Gasteiger partial charge < -0.3 is 4.48 Å². The number of quaternary nitrogens is 1. The van der Waals surface area contributed by atoms with Gasteiger partial charge >= 0.3 is 0 Å². The molecule has 1 nitrogen and oxygen atoms in total. The molecule has 0 bridgehead atoms. The Morgan fingerprint density at radius 3 is 2.24 bits per heavy atom. The quantitative estimate of drug-likeness (QED) is 0.632. The van der Waals surface area contributed by atoms with E-state index >= 15 is 0 Å². The molecule has 0 spiro atoms. The smallest absolute Gasteiger partial charge is 0.0811 e. The highest BCUT2D eigenvalue weighted by Crippen LogP contribution is 2.30. The first-order chi connectivity index (χ1) is 7.78. The molecule has 1 fully saturated rings. The number of likely N-dealkylation sites (tertiary alicyclic amines) is 1. The second-order valence-corrected chi connectivity index (χ2v) is 7.82. The van der Waals surface area contributed by atoms with Crippen LogP contribution in [0, 0.1) is 23.7 Å². The maximum atomic E-state index is 2.46. The van der Waals surface area contributed by atoms with Crippen LogP contribution in [0.3, 0.4) is 0 Å². The van der Waals surface area contributed by atoms with Crippen molar-refractivity contribution in [2.24, 2.45) is 23.7 Å². The fraction of sp³-hybridized carbons (Fsp3) is 1.00. The Hall–Kier alpha value is -0.0400. The normalized spacial score (nSPS) is 30.5. The van der Waals surface area contributed by atoms with Crippen LogP contribution in [0.4, 0.5) is 0 Å². The second-order valence-electron chi connectivity index (χ2n) is 7.82. The van der Waals surface area contributed by atoms with Crippen LogP contribution in [0.15, 0.2) is 0 Å². The summed E-state index contributed by atoms with van der Waals surface area (Å²) in [6.07, 6.45) is 5.75. The Morgan fingerprint density at radius 1 is 1.06 bits per heavy atom. The average molecular weight is 240 g/mol. The molecule has 0 aromatic carbocycles. The number of hydrogen-bond donors (Lipinski definition) is 0. The van der Waals surface area contributed by atoms with Crippen LogP contribution in [0.5, 0.6) is 0 Å². The summed E-state index contributed by atoms with van der Waals surface area (Å²) in [4.78, 5) is 0. The summed E-state index contributed by atoms with van der Waals surface area (Å²) < 4.78 is 1.24. The van der Waals surface area contributed by atoms with Gasteiger partial charge in [0.25, 0.3) is 0 Å². The molecule has 102 valence electrons. The van der Waals surface area contributed by atoms with Crippen molar-refractivity contribution in [1.29, 1.82) is 0 Å². The van der Waals surface area contributed by atoms with Crippen molar-refractivity contribution in [3.05, 3.63) is 0 Å². The van der Waals surface area contributed by atoms with Crippen LogP contribution in [0.2, 0.25) is 0 Å². The van der Waals surface area contributed by atoms with Crippen molar-refractivity contribution in [3.8, 4) is 0 Å². The van der Waals surface area contributed by atoms with Gasteiger partial charge in [0, 0.05) is 11.8 Å². The van der Waals surface area contributed by atoms with Crippen LogP contribution in [0.1, 0.15) is 53.4 Å². The van der Waals surface area contributed by atoms with Crippen molar-refractivity contribution in [2.75, 3.05) is 27.2 Å². The minimum atomic E-state index is 0.870. The summed E-state index contributed by atoms with van der Waals surface area (Å²) in [5, 5.41) is 0. The molecule has 1 aliphatic heterocycles. The molecule has 17 heavy (non-hydrogen) atoms. The maximum absolute atomic E-state index is 2.46. The summed E-state index contributed by atoms with van der Waals surface area (Å²) in [5.41, 5.74) is 0. The lowest BCUT2D eigenvalue weighted by atomic mass is 9.82. The predicted molar refractivity (Wildman–Crippen MR) is 77.0 cm³/mol. The van der Waals surface area contributed by atoms with E-state index in [1.165, 1.54) is 43.3 Å². The van der Waals surface area contributed by atoms with E-state index in [1.807, 2.05) is 0 Å². The molecule has 3 atom stereocenters. The van der Waals surface area contributed by atoms with Crippen LogP contribution in [-0.2, 0) is 0 Å². The Labute approximate surface area is 109 Å². The lowest BCUT2D eigenvalue weighted by Crippen LogP contribution is -2.50. The van der Waals surface area contributed by atoms with Gasteiger partial charge in [-0.25, -0.2) is 0 Å². The summed E-state index contributed by atoms with van der Waals surface area (Å²) in [6, 6.07) is 0. The van der Waals surface area contributed by atoms with E-state index in [4.69, 9.17) is 0 Å². The third kappa shape index (κ3) is 5.90. The molecule has 0 aromatic heterocycles. The topological polar surface area (TPSA) is 0 Å². The van der Waals surface area contributed by atoms with Crippen molar-refractivity contribution < 1.29 is 4.48 Å². The number of nitrogens with zero attached hydrogens (tertiary/aromatic N) is 1. The Morgan fingerprint density at radius 2 is 1.71 bits per heavy atom. The van der Waals surface area contributed by atoms with Gasteiger partial charge in [-0.2, -0.15) is 0 Å². The lowest BCUT2D eigenvalue weighted by Gasteiger charge is -2.42. The third-order valence-corrected chi connectivity index (χ3v) is 4.27. The molecular weight excluding hydrogens is 206 g/mol. The van der Waals surface area contributed by atoms with E-state index in [-0.39, 0.29) is 0 Å². The largest absolute Gasteiger partial charge is 0.328 e. The average Bonchev–Trinajstić information content (AvgIpc) is 2.11. The Balaban J connectivity index is 2.35. The molecular formula is C16H34N+. The molecule has 1 heteroatoms. The molecule has 0 amide bonds. The molecule has 0 aromatic rings. The summed E-state index contributed by atoms with van der Waals surface area (Å²) in [6.45, 7) is 12.4. The molecule has 0 N–H and O–H groups in total. The molecule has 1 aliphatic rings. The van der Waals surface area contributed by atoms with E-state index in [1.54, 1.807) is 0 Å². The molecule has 1 rings (SSSR count). The number of hydrogen-bond acceptors (Lipinski definition) is 0. The second kappa shape index (κ2) is 6.22. The molecule has 0 aliphatic carbocycles. The SMILES string of the molecule is CC(C)CCC(C)CC1CC(C)C[N+](C)(C)C1. The molecule has 3 unspecified atom stereocenters. The zero-order chi connectivity index (χ0) is 13.1. The van der Waals surface area contributed by atoms with E-state index in [0.717, 1.165) is 23.7 Å². The van der Waals surface area contributed by atoms with Crippen LogP contribution >= 0.6 is 0 Å². The molecule has 1 saturated heterocycles. The first-order valence-corrected chi connectivity index (χ1v) is 7.60. The van der Waals surface area contributed by atoms with E-state index in [0.29, 0.717) is 0 Å². The first kappa shape index (κ1) is 15.0. The number of rotatable bonds is 5. The third-order valence-electron chi connectivity index (χ3n) is 4.27. The first-order valence-electron chi connectivity index (χ1n) is 7.60. The highest BCUT2D eigenvalue weighted by atomic mass is 15.3. The fourth-order valence-electron chi connectivity index (χ4n) is 3.81. The van der Waals surface area contributed by atoms with Gasteiger partial charge in [-0.3, -0.25) is 0 Å². The fourth-order valence-corrected chi connectivity index (χ4v) is 3.81. The van der Waals surface area contributed by atoms with Gasteiger partial charge in [-0.1, -0.05) is 40.5 Å². The minimum Gasteiger partial charge on any atom is -0.328 e. The van der Waals surface area contributed by atoms with E-state index in [2.05, 4.69) is 41.8 Å². The van der Waals surface area contributed by atoms with Crippen LogP contribution in [0.25, 0.3) is 0 Å². The standard InChI is InChI=1S/C16H34N/c1-13(2)7-8-14(3)9-16-10-15(4)11-17(5,6)12-16/h13-16H,7-12H2,1-6H3/q+1. The zero-order valence-corrected chi connectivity index (χ0v) is 13.0. The van der Waals surface area contributed by atoms with Gasteiger partial charge in [-0.05, 0) is 24.7 Å². The monoisotopic (exact) mass is 240 g/mol. The zero-order valence-electron chi connectivity index (χ0n) is 13.0. The maximum Gasteiger partial charge on any atom is 0.0811 e. The highest BCUT2D eigenvalue weighted by molar-refractivity contribution is 4.71. The van der Waals surface area contributed by atoms with Gasteiger partial charge in [-0.15, -0.1) is 0 Å². The minimum absolute atomic E-state index is 0.870. The Bertz CT molecular complexity index is 220. The number of piperidine rings is 1. The van der Waals surface area contributed by atoms with Gasteiger partial charge in [0.05, 0.1) is 27.2 Å². The highest BCUT2D eigenvalue weighted by Gasteiger charge is 2.32. The summed E-state index contributed by atoms with van der Waals surface area (Å²) in [5.74, 6) is 3.68. The Kier molecular flexibility index (Phi) is 5.50. The van der Waals surface area contributed by atoms with Gasteiger partial charge in [0.2, 0.25) is 0 Å². The van der Waals surface area contributed by atoms with E-state index < -0.39 is 0 Å².